The molecule has 0 aromatic heterocycles. The largest absolute Gasteiger partial charge is 0.393 e. The van der Waals surface area contributed by atoms with Crippen LogP contribution in [-0.2, 0) is 6.42 Å². The highest BCUT2D eigenvalue weighted by molar-refractivity contribution is 6.70. The average Bonchev–Trinajstić information content (AvgIpc) is 2.35. The van der Waals surface area contributed by atoms with Gasteiger partial charge in [0.25, 0.3) is 0 Å². The van der Waals surface area contributed by atoms with Crippen molar-refractivity contribution < 1.29 is 9.21 Å². The third kappa shape index (κ3) is 7.28. The number of aliphatic hydroxyl groups excluding tert-OH is 1. The smallest absolute Gasteiger partial charge is 0.244 e. The lowest BCUT2D eigenvalue weighted by Crippen LogP contribution is -2.18. The van der Waals surface area contributed by atoms with Gasteiger partial charge in [0.05, 0.1) is 6.10 Å². The summed E-state index contributed by atoms with van der Waals surface area (Å²) in [6.45, 7) is 5.39. The summed E-state index contributed by atoms with van der Waals surface area (Å²) in [5.41, 5.74) is 1.25. The van der Waals surface area contributed by atoms with Crippen molar-refractivity contribution in [3.8, 4) is 0 Å². The topological polar surface area (TPSA) is 20.2 Å². The Morgan fingerprint density at radius 3 is 2.47 bits per heavy atom. The molecule has 0 amide bonds. The fourth-order valence-corrected chi connectivity index (χ4v) is 2.61. The molecule has 1 rings (SSSR count). The minimum atomic E-state index is -2.50. The van der Waals surface area contributed by atoms with E-state index in [4.69, 9.17) is 0 Å². The van der Waals surface area contributed by atoms with Gasteiger partial charge in [0, 0.05) is 0 Å². The Hall–Kier alpha value is -0.933. The second-order valence-electron chi connectivity index (χ2n) is 5.80. The molecule has 1 N–H and O–H groups in total. The first kappa shape index (κ1) is 16.1. The molecule has 1 aromatic carbocycles. The third-order valence-electron chi connectivity index (χ3n) is 3.22. The Balaban J connectivity index is 2.34. The van der Waals surface area contributed by atoms with E-state index >= 15 is 0 Å². The number of benzene rings is 1. The average molecular weight is 280 g/mol. The summed E-state index contributed by atoms with van der Waals surface area (Å²) in [6, 6.07) is 10.7. The lowest BCUT2D eigenvalue weighted by atomic mass is 9.97. The molecule has 0 fully saturated rings. The van der Waals surface area contributed by atoms with Crippen LogP contribution in [0.15, 0.2) is 42.5 Å². The van der Waals surface area contributed by atoms with Crippen LogP contribution in [0, 0.1) is 5.92 Å². The maximum absolute atomic E-state index is 13.4. The summed E-state index contributed by atoms with van der Waals surface area (Å²) in [6.07, 6.45) is 5.10. The summed E-state index contributed by atoms with van der Waals surface area (Å²) in [5, 5.41) is 10.1. The van der Waals surface area contributed by atoms with Crippen molar-refractivity contribution in [2.75, 3.05) is 0 Å². The molecule has 0 unspecified atom stereocenters. The van der Waals surface area contributed by atoms with E-state index in [1.165, 1.54) is 5.56 Å². The Kier molecular flexibility index (Phi) is 6.45. The highest BCUT2D eigenvalue weighted by Crippen LogP contribution is 2.15. The first-order chi connectivity index (χ1) is 8.88. The molecule has 0 spiro atoms. The van der Waals surface area contributed by atoms with Gasteiger partial charge in [-0.05, 0) is 43.5 Å². The second kappa shape index (κ2) is 7.61. The third-order valence-corrected chi connectivity index (χ3v) is 4.43. The maximum Gasteiger partial charge on any atom is 0.244 e. The molecule has 0 aliphatic rings. The molecule has 0 radical (unpaired) electrons. The number of hydrogen-bond donors (Lipinski definition) is 1. The van der Waals surface area contributed by atoms with Crippen molar-refractivity contribution in [3.05, 3.63) is 48.0 Å². The Morgan fingerprint density at radius 1 is 1.26 bits per heavy atom. The predicted octanol–water partition coefficient (Wildman–Crippen LogP) is 4.35. The normalized spacial score (nSPS) is 15.6. The number of aryl methyl sites for hydroxylation is 1. The highest BCUT2D eigenvalue weighted by Gasteiger charge is 2.18. The van der Waals surface area contributed by atoms with E-state index in [-0.39, 0.29) is 12.0 Å². The van der Waals surface area contributed by atoms with Gasteiger partial charge in [0.1, 0.15) is 0 Å². The lowest BCUT2D eigenvalue weighted by molar-refractivity contribution is 0.128. The molecule has 0 saturated carbocycles. The van der Waals surface area contributed by atoms with Crippen LogP contribution in [0.4, 0.5) is 4.11 Å². The predicted molar refractivity (Wildman–Crippen MR) is 82.5 cm³/mol. The summed E-state index contributed by atoms with van der Waals surface area (Å²) >= 11 is 0. The zero-order chi connectivity index (χ0) is 14.3. The molecule has 19 heavy (non-hydrogen) atoms. The number of allylic oxidation sites excluding steroid dienone is 1. The molecule has 0 aliphatic heterocycles. The molecular formula is C16H25FOSi. The number of hydrogen-bond acceptors (Lipinski definition) is 1. The quantitative estimate of drug-likeness (QED) is 0.447. The maximum atomic E-state index is 13.4. The summed E-state index contributed by atoms with van der Waals surface area (Å²) in [5.74, 6) is 0.0834. The lowest BCUT2D eigenvalue weighted by Gasteiger charge is -2.16. The van der Waals surface area contributed by atoms with Gasteiger partial charge in [0.15, 0.2) is 0 Å². The molecule has 0 bridgehead atoms. The van der Waals surface area contributed by atoms with E-state index in [9.17, 15) is 9.21 Å². The van der Waals surface area contributed by atoms with Crippen molar-refractivity contribution in [3.63, 3.8) is 0 Å². The summed E-state index contributed by atoms with van der Waals surface area (Å²) in [7, 11) is -2.50. The van der Waals surface area contributed by atoms with E-state index in [1.54, 1.807) is 13.1 Å². The van der Waals surface area contributed by atoms with E-state index in [0.717, 1.165) is 12.8 Å². The molecule has 0 heterocycles. The molecular weight excluding hydrogens is 255 g/mol. The van der Waals surface area contributed by atoms with E-state index in [1.807, 2.05) is 37.3 Å². The van der Waals surface area contributed by atoms with Gasteiger partial charge in [-0.15, -0.1) is 0 Å². The van der Waals surface area contributed by atoms with Gasteiger partial charge in [-0.1, -0.05) is 49.4 Å². The van der Waals surface area contributed by atoms with E-state index < -0.39 is 8.41 Å². The standard InChI is InChI=1S/C16H25FOSi/c1-14(8-7-13-19(2,3)17)16(18)12-11-15-9-5-4-6-10-15/h4-10,14,16,18H,11-13H2,1-3H3/b8-7+/t14-,16+/m0/s1. The molecule has 1 aromatic rings. The first-order valence-electron chi connectivity index (χ1n) is 6.96. The van der Waals surface area contributed by atoms with Crippen LogP contribution in [0.3, 0.4) is 0 Å². The Bertz CT molecular complexity index is 383. The monoisotopic (exact) mass is 280 g/mol. The van der Waals surface area contributed by atoms with Crippen LogP contribution in [0.5, 0.6) is 0 Å². The van der Waals surface area contributed by atoms with Gasteiger partial charge < -0.3 is 9.21 Å². The van der Waals surface area contributed by atoms with Crippen LogP contribution in [0.2, 0.25) is 19.1 Å². The van der Waals surface area contributed by atoms with Crippen LogP contribution in [0.1, 0.15) is 18.9 Å². The van der Waals surface area contributed by atoms with Crippen molar-refractivity contribution >= 4 is 8.41 Å². The van der Waals surface area contributed by atoms with Crippen molar-refractivity contribution in [2.45, 2.75) is 45.0 Å². The van der Waals surface area contributed by atoms with Gasteiger partial charge in [-0.2, -0.15) is 0 Å². The molecule has 0 aliphatic carbocycles. The van der Waals surface area contributed by atoms with E-state index in [2.05, 4.69) is 12.1 Å². The summed E-state index contributed by atoms with van der Waals surface area (Å²) in [4.78, 5) is 0. The number of halogens is 1. The molecule has 1 nitrogen and oxygen atoms in total. The SMILES string of the molecule is C[C@@H](/C=C/C[Si](C)(C)F)[C@H](O)CCc1ccccc1. The zero-order valence-electron chi connectivity index (χ0n) is 12.1. The minimum absolute atomic E-state index is 0.0834. The van der Waals surface area contributed by atoms with Gasteiger partial charge >= 0.3 is 0 Å². The van der Waals surface area contributed by atoms with Crippen LogP contribution in [0.25, 0.3) is 0 Å². The van der Waals surface area contributed by atoms with Gasteiger partial charge in [-0.25, -0.2) is 0 Å². The highest BCUT2D eigenvalue weighted by atomic mass is 28.4. The van der Waals surface area contributed by atoms with Crippen LogP contribution in [-0.4, -0.2) is 19.6 Å². The number of aliphatic hydroxyl groups is 1. The zero-order valence-corrected chi connectivity index (χ0v) is 13.1. The number of rotatable bonds is 7. The first-order valence-corrected chi connectivity index (χ1v) is 10.0. The second-order valence-corrected chi connectivity index (χ2v) is 9.65. The molecule has 3 heteroatoms. The van der Waals surface area contributed by atoms with E-state index in [0.29, 0.717) is 6.04 Å². The van der Waals surface area contributed by atoms with Crippen molar-refractivity contribution in [1.82, 2.24) is 0 Å². The molecule has 2 atom stereocenters. The van der Waals surface area contributed by atoms with Gasteiger partial charge in [0.2, 0.25) is 8.41 Å². The van der Waals surface area contributed by atoms with Crippen LogP contribution >= 0.6 is 0 Å². The molecule has 0 saturated heterocycles. The van der Waals surface area contributed by atoms with Gasteiger partial charge in [-0.3, -0.25) is 0 Å². The minimum Gasteiger partial charge on any atom is -0.393 e. The summed E-state index contributed by atoms with van der Waals surface area (Å²) < 4.78 is 13.4. The Morgan fingerprint density at radius 2 is 1.89 bits per heavy atom. The fourth-order valence-electron chi connectivity index (χ4n) is 1.91. The van der Waals surface area contributed by atoms with Crippen molar-refractivity contribution in [1.29, 1.82) is 0 Å². The van der Waals surface area contributed by atoms with Crippen molar-refractivity contribution in [2.24, 2.45) is 5.92 Å². The fraction of sp³-hybridized carbons (Fsp3) is 0.500. The Labute approximate surface area is 117 Å². The molecule has 106 valence electrons. The van der Waals surface area contributed by atoms with Crippen LogP contribution < -0.4 is 0 Å².